The first-order valence-electron chi connectivity index (χ1n) is 6.93. The number of fused-ring (bicyclic) bond motifs is 1. The highest BCUT2D eigenvalue weighted by Crippen LogP contribution is 2.33. The number of rotatable bonds is 5. The van der Waals surface area contributed by atoms with Crippen molar-refractivity contribution in [3.05, 3.63) is 36.5 Å². The monoisotopic (exact) mass is 335 g/mol. The van der Waals surface area contributed by atoms with E-state index in [1.54, 1.807) is 13.3 Å². The van der Waals surface area contributed by atoms with Gasteiger partial charge in [0, 0.05) is 11.1 Å². The van der Waals surface area contributed by atoms with Crippen molar-refractivity contribution >= 4 is 35.3 Å². The van der Waals surface area contributed by atoms with E-state index in [1.807, 2.05) is 23.9 Å². The molecule has 0 aliphatic carbocycles. The maximum atomic E-state index is 5.52. The van der Waals surface area contributed by atoms with Crippen LogP contribution in [0, 0.1) is 0 Å². The minimum Gasteiger partial charge on any atom is -0.496 e. The van der Waals surface area contributed by atoms with Gasteiger partial charge < -0.3 is 9.72 Å². The lowest BCUT2D eigenvalue weighted by molar-refractivity contribution is 0.415. The standard InChI is InChI=1S/C16H17N3OS.ClH/c1-3-9-21-11-6-7-12(14(10-11)20-2)15-18-13-5-4-8-17-16(13)19-15;/h4-8,10H,3,9H2,1-2H3,(H,17,18,19);1H. The molecule has 3 rings (SSSR count). The van der Waals surface area contributed by atoms with E-state index >= 15 is 0 Å². The summed E-state index contributed by atoms with van der Waals surface area (Å²) in [7, 11) is 1.69. The first-order chi connectivity index (χ1) is 10.3. The van der Waals surface area contributed by atoms with E-state index in [0.29, 0.717) is 0 Å². The first-order valence-corrected chi connectivity index (χ1v) is 7.92. The molecule has 0 radical (unpaired) electrons. The smallest absolute Gasteiger partial charge is 0.178 e. The number of aromatic amines is 1. The van der Waals surface area contributed by atoms with E-state index in [1.165, 1.54) is 4.90 Å². The number of halogens is 1. The molecule has 22 heavy (non-hydrogen) atoms. The molecule has 0 fully saturated rings. The molecule has 116 valence electrons. The van der Waals surface area contributed by atoms with E-state index in [4.69, 9.17) is 4.74 Å². The van der Waals surface area contributed by atoms with Gasteiger partial charge in [-0.15, -0.1) is 24.2 Å². The number of hydrogen-bond acceptors (Lipinski definition) is 4. The summed E-state index contributed by atoms with van der Waals surface area (Å²) in [4.78, 5) is 13.3. The summed E-state index contributed by atoms with van der Waals surface area (Å²) in [6.07, 6.45) is 2.90. The fourth-order valence-electron chi connectivity index (χ4n) is 2.15. The fraction of sp³-hybridized carbons (Fsp3) is 0.250. The lowest BCUT2D eigenvalue weighted by atomic mass is 10.2. The Balaban J connectivity index is 0.00000176. The second kappa shape index (κ2) is 7.51. The Labute approximate surface area is 140 Å². The number of hydrogen-bond donors (Lipinski definition) is 1. The Morgan fingerprint density at radius 2 is 2.14 bits per heavy atom. The molecule has 0 atom stereocenters. The quantitative estimate of drug-likeness (QED) is 0.694. The zero-order chi connectivity index (χ0) is 14.7. The van der Waals surface area contributed by atoms with Crippen molar-refractivity contribution in [2.24, 2.45) is 0 Å². The van der Waals surface area contributed by atoms with Crippen LogP contribution >= 0.6 is 24.2 Å². The number of nitrogens with one attached hydrogen (secondary N) is 1. The number of thioether (sulfide) groups is 1. The van der Waals surface area contributed by atoms with Gasteiger partial charge in [0.25, 0.3) is 0 Å². The maximum Gasteiger partial charge on any atom is 0.178 e. The molecule has 0 bridgehead atoms. The van der Waals surface area contributed by atoms with E-state index in [0.717, 1.165) is 40.5 Å². The van der Waals surface area contributed by atoms with Crippen molar-refractivity contribution in [1.29, 1.82) is 0 Å². The van der Waals surface area contributed by atoms with Crippen LogP contribution in [0.2, 0.25) is 0 Å². The number of pyridine rings is 1. The molecule has 6 heteroatoms. The van der Waals surface area contributed by atoms with Crippen LogP contribution < -0.4 is 4.74 Å². The second-order valence-electron chi connectivity index (χ2n) is 4.67. The summed E-state index contributed by atoms with van der Waals surface area (Å²) >= 11 is 1.84. The zero-order valence-corrected chi connectivity index (χ0v) is 14.1. The Morgan fingerprint density at radius 3 is 2.86 bits per heavy atom. The number of methoxy groups -OCH3 is 1. The number of H-pyrrole nitrogens is 1. The summed E-state index contributed by atoms with van der Waals surface area (Å²) in [5.74, 6) is 2.72. The average Bonchev–Trinajstić information content (AvgIpc) is 2.96. The van der Waals surface area contributed by atoms with Gasteiger partial charge in [0.05, 0.1) is 18.2 Å². The van der Waals surface area contributed by atoms with Crippen LogP contribution in [0.3, 0.4) is 0 Å². The minimum atomic E-state index is 0. The number of ether oxygens (including phenoxy) is 1. The van der Waals surface area contributed by atoms with Crippen LogP contribution in [0.1, 0.15) is 13.3 Å². The van der Waals surface area contributed by atoms with Crippen molar-refractivity contribution < 1.29 is 4.74 Å². The van der Waals surface area contributed by atoms with Gasteiger partial charge in [-0.3, -0.25) is 0 Å². The van der Waals surface area contributed by atoms with Crippen molar-refractivity contribution in [2.45, 2.75) is 18.2 Å². The Bertz CT molecular complexity index is 727. The summed E-state index contributed by atoms with van der Waals surface area (Å²) in [6.45, 7) is 2.18. The highest BCUT2D eigenvalue weighted by Gasteiger charge is 2.12. The van der Waals surface area contributed by atoms with Crippen LogP contribution in [-0.4, -0.2) is 27.8 Å². The van der Waals surface area contributed by atoms with Gasteiger partial charge in [-0.2, -0.15) is 0 Å². The highest BCUT2D eigenvalue weighted by atomic mass is 35.5. The molecule has 0 unspecified atom stereocenters. The van der Waals surface area contributed by atoms with Crippen LogP contribution in [0.4, 0.5) is 0 Å². The summed E-state index contributed by atoms with van der Waals surface area (Å²) in [5, 5.41) is 0. The lowest BCUT2D eigenvalue weighted by Crippen LogP contribution is -1.90. The maximum absolute atomic E-state index is 5.52. The van der Waals surface area contributed by atoms with Gasteiger partial charge >= 0.3 is 0 Å². The predicted octanol–water partition coefficient (Wildman–Crippen LogP) is 4.56. The van der Waals surface area contributed by atoms with Gasteiger partial charge in [-0.1, -0.05) is 6.92 Å². The molecule has 1 N–H and O–H groups in total. The number of nitrogens with zero attached hydrogens (tertiary/aromatic N) is 2. The van der Waals surface area contributed by atoms with Crippen LogP contribution in [0.5, 0.6) is 5.75 Å². The number of benzene rings is 1. The third kappa shape index (κ3) is 3.36. The summed E-state index contributed by atoms with van der Waals surface area (Å²) < 4.78 is 5.52. The topological polar surface area (TPSA) is 50.8 Å². The number of aromatic nitrogens is 3. The van der Waals surface area contributed by atoms with Gasteiger partial charge in [0.2, 0.25) is 0 Å². The van der Waals surface area contributed by atoms with E-state index in [-0.39, 0.29) is 12.4 Å². The molecule has 4 nitrogen and oxygen atoms in total. The number of imidazole rings is 1. The Morgan fingerprint density at radius 1 is 1.27 bits per heavy atom. The highest BCUT2D eigenvalue weighted by molar-refractivity contribution is 7.99. The molecule has 0 aliphatic heterocycles. The fourth-order valence-corrected chi connectivity index (χ4v) is 2.94. The van der Waals surface area contributed by atoms with Crippen molar-refractivity contribution in [3.63, 3.8) is 0 Å². The van der Waals surface area contributed by atoms with Crippen molar-refractivity contribution in [3.8, 4) is 17.1 Å². The average molecular weight is 336 g/mol. The molecule has 0 spiro atoms. The van der Waals surface area contributed by atoms with Gasteiger partial charge in [-0.25, -0.2) is 9.97 Å². The molecule has 1 aromatic carbocycles. The largest absolute Gasteiger partial charge is 0.496 e. The SMILES string of the molecule is CCCSc1ccc(-c2nc3ncccc3[nH]2)c(OC)c1.Cl. The summed E-state index contributed by atoms with van der Waals surface area (Å²) in [5.41, 5.74) is 2.61. The normalized spacial score (nSPS) is 10.5. The zero-order valence-electron chi connectivity index (χ0n) is 12.5. The van der Waals surface area contributed by atoms with Crippen LogP contribution in [0.15, 0.2) is 41.4 Å². The van der Waals surface area contributed by atoms with Crippen LogP contribution in [-0.2, 0) is 0 Å². The van der Waals surface area contributed by atoms with Crippen molar-refractivity contribution in [1.82, 2.24) is 15.0 Å². The Kier molecular flexibility index (Phi) is 5.69. The van der Waals surface area contributed by atoms with Gasteiger partial charge in [0.15, 0.2) is 5.65 Å². The molecule has 2 heterocycles. The lowest BCUT2D eigenvalue weighted by Gasteiger charge is -2.08. The molecular formula is C16H18ClN3OS. The minimum absolute atomic E-state index is 0. The van der Waals surface area contributed by atoms with Gasteiger partial charge in [0.1, 0.15) is 11.6 Å². The second-order valence-corrected chi connectivity index (χ2v) is 5.84. The predicted molar refractivity (Wildman–Crippen MR) is 94.1 cm³/mol. The molecule has 0 saturated carbocycles. The molecule has 0 amide bonds. The molecule has 3 aromatic rings. The molecular weight excluding hydrogens is 318 g/mol. The molecule has 2 aromatic heterocycles. The molecule has 0 aliphatic rings. The Hall–Kier alpha value is -1.72. The van der Waals surface area contributed by atoms with Crippen molar-refractivity contribution in [2.75, 3.05) is 12.9 Å². The third-order valence-corrected chi connectivity index (χ3v) is 4.36. The van der Waals surface area contributed by atoms with Crippen LogP contribution in [0.25, 0.3) is 22.6 Å². The summed E-state index contributed by atoms with van der Waals surface area (Å²) in [6, 6.07) is 10.1. The first kappa shape index (κ1) is 16.6. The third-order valence-electron chi connectivity index (χ3n) is 3.16. The van der Waals surface area contributed by atoms with E-state index < -0.39 is 0 Å². The van der Waals surface area contributed by atoms with E-state index in [2.05, 4.69) is 40.1 Å². The van der Waals surface area contributed by atoms with E-state index in [9.17, 15) is 0 Å². The molecule has 0 saturated heterocycles. The van der Waals surface area contributed by atoms with Gasteiger partial charge in [-0.05, 0) is 42.5 Å².